The van der Waals surface area contributed by atoms with Gasteiger partial charge in [-0.3, -0.25) is 0 Å². The second-order valence-electron chi connectivity index (χ2n) is 17.5. The number of nitrogens with zero attached hydrogens (tertiary/aromatic N) is 3. The summed E-state index contributed by atoms with van der Waals surface area (Å²) in [5, 5.41) is 22.4. The van der Waals surface area contributed by atoms with Crippen LogP contribution in [0.1, 0.15) is 116 Å². The Hall–Kier alpha value is -0.542. The molecule has 0 bridgehead atoms. The summed E-state index contributed by atoms with van der Waals surface area (Å²) in [5.41, 5.74) is 6.25. The standard InChI is InChI=1S/C34H56N2O2.C4H12NSi2.Y/c1-31(2,3)25-17-23(29(37)27(19-25)33(7,8)9)21-35(13)15-16-36(14)22-24-18-26(32(4,5)6)20-28(30(24)38)34(10,11)12;1-6(2)5-7(3)4;/h17-20,37-38H,15-16,21-22H2,1-14H3;1-4H3;/q;-1;+3. The molecule has 2 aromatic rings. The molecule has 8 heteroatoms. The number of phenolic OH excluding ortho intramolecular Hbond substituents is 2. The molecule has 0 heterocycles. The van der Waals surface area contributed by atoms with E-state index in [0.717, 1.165) is 35.3 Å². The number of hydrogen-bond acceptors (Lipinski definition) is 4. The van der Waals surface area contributed by atoms with E-state index in [1.807, 2.05) is 0 Å². The molecule has 2 rings (SSSR count). The molecule has 0 unspecified atom stereocenters. The quantitative estimate of drug-likeness (QED) is 0.251. The molecule has 0 saturated heterocycles. The van der Waals surface area contributed by atoms with Crippen molar-refractivity contribution in [3.05, 3.63) is 62.3 Å². The summed E-state index contributed by atoms with van der Waals surface area (Å²) in [6.07, 6.45) is 0. The number of rotatable bonds is 9. The van der Waals surface area contributed by atoms with Crippen LogP contribution in [0.4, 0.5) is 0 Å². The molecule has 0 aliphatic heterocycles. The Morgan fingerprint density at radius 1 is 0.543 bits per heavy atom. The first-order valence-corrected chi connectivity index (χ1v) is 21.5. The third-order valence-corrected chi connectivity index (χ3v) is 11.5. The van der Waals surface area contributed by atoms with Crippen molar-refractivity contribution in [3.8, 4) is 11.5 Å². The Bertz CT molecular complexity index is 1140. The smallest absolute Gasteiger partial charge is 0.673 e. The summed E-state index contributed by atoms with van der Waals surface area (Å²) in [5.74, 6) is 0.841. The molecular weight excluding hydrogens is 676 g/mol. The van der Waals surface area contributed by atoms with Crippen molar-refractivity contribution >= 4 is 17.9 Å². The van der Waals surface area contributed by atoms with Gasteiger partial charge in [-0.25, -0.2) is 0 Å². The molecule has 46 heavy (non-hydrogen) atoms. The van der Waals surface area contributed by atoms with E-state index in [0.29, 0.717) is 24.6 Å². The van der Waals surface area contributed by atoms with Crippen LogP contribution in [0.3, 0.4) is 0 Å². The summed E-state index contributed by atoms with van der Waals surface area (Å²) < 4.78 is 4.48. The van der Waals surface area contributed by atoms with E-state index in [9.17, 15) is 10.2 Å². The minimum absolute atomic E-state index is 0. The molecule has 0 amide bonds. The Kier molecular flexibility index (Phi) is 17.7. The van der Waals surface area contributed by atoms with Gasteiger partial charge in [0.1, 0.15) is 11.5 Å². The summed E-state index contributed by atoms with van der Waals surface area (Å²) in [6.45, 7) is 38.3. The van der Waals surface area contributed by atoms with Crippen LogP contribution in [0, 0.1) is 0 Å². The van der Waals surface area contributed by atoms with E-state index in [-0.39, 0.29) is 72.3 Å². The van der Waals surface area contributed by atoms with Crippen LogP contribution in [0.25, 0.3) is 4.65 Å². The van der Waals surface area contributed by atoms with Gasteiger partial charge >= 0.3 is 32.7 Å². The number of benzene rings is 2. The summed E-state index contributed by atoms with van der Waals surface area (Å²) >= 11 is 0. The van der Waals surface area contributed by atoms with Crippen molar-refractivity contribution in [3.63, 3.8) is 0 Å². The fourth-order valence-electron chi connectivity index (χ4n) is 5.17. The van der Waals surface area contributed by atoms with Crippen molar-refractivity contribution in [2.24, 2.45) is 0 Å². The molecule has 2 radical (unpaired) electrons. The van der Waals surface area contributed by atoms with Gasteiger partial charge in [0.2, 0.25) is 0 Å². The van der Waals surface area contributed by atoms with Gasteiger partial charge in [-0.15, -0.1) is 0 Å². The van der Waals surface area contributed by atoms with Gasteiger partial charge in [-0.05, 0) is 58.0 Å². The summed E-state index contributed by atoms with van der Waals surface area (Å²) in [6, 6.07) is 8.71. The zero-order chi connectivity index (χ0) is 35.3. The van der Waals surface area contributed by atoms with E-state index < -0.39 is 0 Å². The first kappa shape index (κ1) is 45.5. The molecule has 0 aliphatic carbocycles. The predicted octanol–water partition coefficient (Wildman–Crippen LogP) is 9.71. The number of phenols is 2. The molecule has 0 atom stereocenters. The van der Waals surface area contributed by atoms with Gasteiger partial charge in [0, 0.05) is 37.3 Å². The predicted molar refractivity (Wildman–Crippen MR) is 202 cm³/mol. The molecular formula is C38H68N3O2Si2Y+2. The van der Waals surface area contributed by atoms with Crippen molar-refractivity contribution < 1.29 is 42.9 Å². The average molecular weight is 744 g/mol. The second kappa shape index (κ2) is 17.9. The first-order valence-electron chi connectivity index (χ1n) is 16.6. The van der Waals surface area contributed by atoms with Gasteiger partial charge in [0.25, 0.3) is 0 Å². The van der Waals surface area contributed by atoms with Gasteiger partial charge in [0.15, 0.2) is 0 Å². The Morgan fingerprint density at radius 3 is 1.02 bits per heavy atom. The van der Waals surface area contributed by atoms with Crippen LogP contribution in [0.5, 0.6) is 11.5 Å². The monoisotopic (exact) mass is 743 g/mol. The molecule has 5 nitrogen and oxygen atoms in total. The first-order chi connectivity index (χ1) is 20.1. The SMILES string of the molecule is CN(CCN(C)Cc1cc(C(C)(C)C)cc(C(C)(C)C)c1O)Cc1cc(C(C)(C)C)cc(C(C)(C)C)c1O.C[Si](C)[N-][Si](C)C.[Y+3]. The Balaban J connectivity index is 0.00000226. The molecule has 2 N–H and O–H groups in total. The van der Waals surface area contributed by atoms with E-state index in [4.69, 9.17) is 0 Å². The summed E-state index contributed by atoms with van der Waals surface area (Å²) in [4.78, 5) is 4.55. The third kappa shape index (κ3) is 14.9. The molecule has 0 aromatic heterocycles. The fourth-order valence-corrected chi connectivity index (χ4v) is 8.75. The van der Waals surface area contributed by atoms with Crippen LogP contribution in [-0.2, 0) is 67.5 Å². The topological polar surface area (TPSA) is 61.0 Å². The molecule has 0 aliphatic rings. The maximum atomic E-state index is 11.2. The number of likely N-dealkylation sites (N-methyl/N-ethyl adjacent to an activating group) is 2. The minimum Gasteiger partial charge on any atom is -0.673 e. The maximum Gasteiger partial charge on any atom is 3.00 e. The largest absolute Gasteiger partial charge is 3.00 e. The average Bonchev–Trinajstić information content (AvgIpc) is 2.82. The number of aromatic hydroxyl groups is 2. The normalized spacial score (nSPS) is 12.9. The third-order valence-electron chi connectivity index (χ3n) is 7.92. The Morgan fingerprint density at radius 2 is 0.826 bits per heavy atom. The van der Waals surface area contributed by atoms with Crippen LogP contribution in [0.15, 0.2) is 24.3 Å². The molecule has 2 aromatic carbocycles. The maximum absolute atomic E-state index is 11.2. The van der Waals surface area contributed by atoms with Gasteiger partial charge < -0.3 is 24.7 Å². The second-order valence-corrected chi connectivity index (χ2v) is 22.2. The van der Waals surface area contributed by atoms with Crippen molar-refractivity contribution in [1.82, 2.24) is 9.80 Å². The van der Waals surface area contributed by atoms with Gasteiger partial charge in [-0.2, -0.15) is 0 Å². The molecule has 0 fully saturated rings. The van der Waals surface area contributed by atoms with Crippen molar-refractivity contribution in [1.29, 1.82) is 0 Å². The Labute approximate surface area is 313 Å². The minimum atomic E-state index is -0.264. The van der Waals surface area contributed by atoms with E-state index in [1.165, 1.54) is 11.1 Å². The van der Waals surface area contributed by atoms with Crippen LogP contribution in [0.2, 0.25) is 26.2 Å². The van der Waals surface area contributed by atoms with Crippen LogP contribution < -0.4 is 0 Å². The van der Waals surface area contributed by atoms with Crippen LogP contribution in [-0.4, -0.2) is 65.1 Å². The van der Waals surface area contributed by atoms with Gasteiger partial charge in [-0.1, -0.05) is 151 Å². The molecule has 0 spiro atoms. The van der Waals surface area contributed by atoms with E-state index in [1.54, 1.807) is 0 Å². The molecule has 256 valence electrons. The van der Waals surface area contributed by atoms with Crippen molar-refractivity contribution in [2.75, 3.05) is 27.2 Å². The summed E-state index contributed by atoms with van der Waals surface area (Å²) in [7, 11) is 3.70. The van der Waals surface area contributed by atoms with E-state index in [2.05, 4.69) is 162 Å². The van der Waals surface area contributed by atoms with Gasteiger partial charge in [0.05, 0.1) is 0 Å². The van der Waals surface area contributed by atoms with E-state index >= 15 is 0 Å². The zero-order valence-electron chi connectivity index (χ0n) is 33.0. The fraction of sp³-hybridized carbons (Fsp3) is 0.684. The zero-order valence-corrected chi connectivity index (χ0v) is 37.8. The number of hydrogen-bond donors (Lipinski definition) is 2. The van der Waals surface area contributed by atoms with Crippen molar-refractivity contribution in [2.45, 2.75) is 144 Å². The molecule has 0 saturated carbocycles. The van der Waals surface area contributed by atoms with Crippen LogP contribution >= 0.6 is 0 Å².